The number of ether oxygens (including phenoxy) is 1. The fourth-order valence-corrected chi connectivity index (χ4v) is 4.47. The SMILES string of the molecule is C/C=C(\C=C/CC)C(=Nc1cnc(Oc2ccnc(NC(=O)C3CC3)c2)c(F)c1)c1ccccc1.C=C/C=C\C(=C/C)C(=N)/C(C=C)=C/C=C\C.CC.COP. The van der Waals surface area contributed by atoms with Gasteiger partial charge in [-0.25, -0.2) is 19.4 Å². The fourth-order valence-electron chi connectivity index (χ4n) is 4.47. The molecule has 0 bridgehead atoms. The molecule has 3 aromatic rings. The van der Waals surface area contributed by atoms with E-state index in [0.717, 1.165) is 47.3 Å². The number of nitrogens with one attached hydrogen (secondary N) is 2. The van der Waals surface area contributed by atoms with E-state index < -0.39 is 5.82 Å². The number of aromatic nitrogens is 2. The molecular weight excluding hydrogens is 721 g/mol. The van der Waals surface area contributed by atoms with E-state index in [9.17, 15) is 9.18 Å². The molecule has 2 aromatic heterocycles. The Morgan fingerprint density at radius 3 is 2.25 bits per heavy atom. The summed E-state index contributed by atoms with van der Waals surface area (Å²) >= 11 is 0. The lowest BCUT2D eigenvalue weighted by Gasteiger charge is -2.10. The van der Waals surface area contributed by atoms with Crippen LogP contribution in [0.5, 0.6) is 11.6 Å². The molecular formula is C46H57FN5O3P. The number of nitrogens with zero attached hydrogens (tertiary/aromatic N) is 3. The van der Waals surface area contributed by atoms with Gasteiger partial charge < -0.3 is 14.6 Å². The van der Waals surface area contributed by atoms with Gasteiger partial charge in [0.1, 0.15) is 11.6 Å². The number of pyridine rings is 2. The molecule has 8 nitrogen and oxygen atoms in total. The minimum Gasteiger partial charge on any atom is -0.436 e. The first-order valence-electron chi connectivity index (χ1n) is 18.5. The first-order chi connectivity index (χ1) is 27.2. The second-order valence-electron chi connectivity index (χ2n) is 11.4. The number of rotatable bonds is 15. The number of anilines is 1. The van der Waals surface area contributed by atoms with Crippen LogP contribution in [-0.4, -0.2) is 34.4 Å². The van der Waals surface area contributed by atoms with Crippen molar-refractivity contribution in [3.05, 3.63) is 169 Å². The van der Waals surface area contributed by atoms with Gasteiger partial charge in [0, 0.05) is 36.9 Å². The largest absolute Gasteiger partial charge is 0.436 e. The van der Waals surface area contributed by atoms with Crippen molar-refractivity contribution in [3.8, 4) is 11.6 Å². The average Bonchev–Trinajstić information content (AvgIpc) is 4.07. The highest BCUT2D eigenvalue weighted by Gasteiger charge is 2.29. The standard InChI is InChI=1S/C28H27FN4O2.C15H19N.C2H6.CH5OP/c1-3-5-9-19(4-2)26(20-10-7-6-8-11-20)32-22-16-24(29)28(31-18-22)35-23-14-15-30-25(17-23)33-27(34)21-12-13-21;1-5-9-11-13(7-3)15(16)14(8-4)12-10-6-2;1-2;1-2-3/h4-11,14-18,21H,3,12-13H2,1-2H3,(H,30,33,34);5-12,16H,1,4H2,2-3H3;1-2H3;3H2,1H3/b9-5-,19-4+,32-26?;10-6-,11-9-,13-7+,14-12+,16-15?;;. The molecule has 296 valence electrons. The van der Waals surface area contributed by atoms with E-state index in [0.29, 0.717) is 23.0 Å². The molecule has 1 fully saturated rings. The van der Waals surface area contributed by atoms with Crippen molar-refractivity contribution in [1.82, 2.24) is 9.97 Å². The third-order valence-corrected chi connectivity index (χ3v) is 7.33. The second kappa shape index (κ2) is 28.8. The van der Waals surface area contributed by atoms with E-state index in [1.54, 1.807) is 31.4 Å². The van der Waals surface area contributed by atoms with E-state index >= 15 is 0 Å². The van der Waals surface area contributed by atoms with E-state index in [4.69, 9.17) is 15.1 Å². The van der Waals surface area contributed by atoms with Gasteiger partial charge in [-0.2, -0.15) is 0 Å². The van der Waals surface area contributed by atoms with Crippen LogP contribution in [0, 0.1) is 17.1 Å². The van der Waals surface area contributed by atoms with Crippen LogP contribution in [0.3, 0.4) is 0 Å². The highest BCUT2D eigenvalue weighted by molar-refractivity contribution is 7.09. The van der Waals surface area contributed by atoms with Gasteiger partial charge in [0.15, 0.2) is 5.82 Å². The molecule has 2 heterocycles. The molecule has 56 heavy (non-hydrogen) atoms. The number of carbonyl (C=O) groups is 1. The maximum absolute atomic E-state index is 14.9. The maximum atomic E-state index is 14.9. The first kappa shape index (κ1) is 48.4. The van der Waals surface area contributed by atoms with Gasteiger partial charge in [0.05, 0.1) is 23.3 Å². The molecule has 1 atom stereocenters. The molecule has 2 N–H and O–H groups in total. The van der Waals surface area contributed by atoms with E-state index in [1.165, 1.54) is 18.5 Å². The lowest BCUT2D eigenvalue weighted by atomic mass is 10.0. The molecule has 1 aromatic carbocycles. The molecule has 1 aliphatic rings. The Labute approximate surface area is 336 Å². The Bertz CT molecular complexity index is 1920. The second-order valence-corrected chi connectivity index (χ2v) is 11.9. The quantitative estimate of drug-likeness (QED) is 0.0907. The molecule has 0 spiro atoms. The third kappa shape index (κ3) is 17.7. The fraction of sp³-hybridized carbons (Fsp3) is 0.239. The van der Waals surface area contributed by atoms with Crippen molar-refractivity contribution >= 4 is 38.3 Å². The molecule has 4 rings (SSSR count). The predicted octanol–water partition coefficient (Wildman–Crippen LogP) is 12.6. The number of allylic oxidation sites excluding steroid dienone is 14. The van der Waals surface area contributed by atoms with Gasteiger partial charge in [0.2, 0.25) is 5.91 Å². The Hall–Kier alpha value is -5.63. The first-order valence-corrected chi connectivity index (χ1v) is 19.0. The number of hydrogen-bond donors (Lipinski definition) is 2. The number of amides is 1. The maximum Gasteiger partial charge on any atom is 0.256 e. The Morgan fingerprint density at radius 2 is 1.70 bits per heavy atom. The molecule has 0 radical (unpaired) electrons. The van der Waals surface area contributed by atoms with Gasteiger partial charge in [-0.15, -0.1) is 0 Å². The normalized spacial score (nSPS) is 13.2. The van der Waals surface area contributed by atoms with Crippen molar-refractivity contribution in [3.63, 3.8) is 0 Å². The van der Waals surface area contributed by atoms with E-state index in [1.807, 2.05) is 114 Å². The van der Waals surface area contributed by atoms with Crippen LogP contribution >= 0.6 is 9.47 Å². The zero-order valence-electron chi connectivity index (χ0n) is 33.8. The predicted molar refractivity (Wildman–Crippen MR) is 238 cm³/mol. The summed E-state index contributed by atoms with van der Waals surface area (Å²) in [6.45, 7) is 19.2. The van der Waals surface area contributed by atoms with Crippen LogP contribution < -0.4 is 10.1 Å². The van der Waals surface area contributed by atoms with Gasteiger partial charge >= 0.3 is 0 Å². The van der Waals surface area contributed by atoms with E-state index in [-0.39, 0.29) is 17.7 Å². The van der Waals surface area contributed by atoms with Crippen molar-refractivity contribution in [1.29, 1.82) is 5.41 Å². The summed E-state index contributed by atoms with van der Waals surface area (Å²) in [6, 6.07) is 14.2. The lowest BCUT2D eigenvalue weighted by molar-refractivity contribution is -0.117. The number of carbonyl (C=O) groups excluding carboxylic acids is 1. The highest BCUT2D eigenvalue weighted by Crippen LogP contribution is 2.31. The van der Waals surface area contributed by atoms with Crippen LogP contribution in [0.25, 0.3) is 0 Å². The Morgan fingerprint density at radius 1 is 1.02 bits per heavy atom. The Balaban J connectivity index is 0.000000627. The van der Waals surface area contributed by atoms with Crippen molar-refractivity contribution < 1.29 is 18.4 Å². The van der Waals surface area contributed by atoms with Gasteiger partial charge in [0.25, 0.3) is 5.88 Å². The topological polar surface area (TPSA) is 110 Å². The summed E-state index contributed by atoms with van der Waals surface area (Å²) in [5.41, 5.74) is 5.06. The number of halogens is 1. The number of aliphatic imine (C=N–C) groups is 1. The summed E-state index contributed by atoms with van der Waals surface area (Å²) in [4.78, 5) is 24.9. The monoisotopic (exact) mass is 777 g/mol. The van der Waals surface area contributed by atoms with Crippen molar-refractivity contribution in [2.45, 2.75) is 60.8 Å². The zero-order chi connectivity index (χ0) is 41.7. The van der Waals surface area contributed by atoms with Crippen molar-refractivity contribution in [2.75, 3.05) is 12.4 Å². The summed E-state index contributed by atoms with van der Waals surface area (Å²) in [5.74, 6) is -0.176. The van der Waals surface area contributed by atoms with Gasteiger partial charge in [-0.3, -0.25) is 10.2 Å². The Kier molecular flexibility index (Phi) is 24.9. The molecule has 0 aliphatic heterocycles. The lowest BCUT2D eigenvalue weighted by Crippen LogP contribution is -2.14. The molecule has 1 unspecified atom stereocenters. The van der Waals surface area contributed by atoms with E-state index in [2.05, 4.69) is 55.4 Å². The molecule has 10 heteroatoms. The summed E-state index contributed by atoms with van der Waals surface area (Å²) in [5, 5.41) is 10.8. The van der Waals surface area contributed by atoms with Crippen LogP contribution in [0.1, 0.15) is 66.4 Å². The third-order valence-electron chi connectivity index (χ3n) is 7.33. The smallest absolute Gasteiger partial charge is 0.256 e. The molecule has 0 saturated heterocycles. The van der Waals surface area contributed by atoms with Crippen molar-refractivity contribution in [2.24, 2.45) is 10.9 Å². The summed E-state index contributed by atoms with van der Waals surface area (Å²) in [7, 11) is 3.67. The van der Waals surface area contributed by atoms with Crippen LogP contribution in [0.2, 0.25) is 0 Å². The summed E-state index contributed by atoms with van der Waals surface area (Å²) < 4.78 is 24.7. The minimum absolute atomic E-state index is 0.0508. The van der Waals surface area contributed by atoms with Crippen LogP contribution in [0.15, 0.2) is 163 Å². The summed E-state index contributed by atoms with van der Waals surface area (Å²) in [6.07, 6.45) is 26.3. The molecule has 1 amide bonds. The number of benzene rings is 1. The number of hydrogen-bond acceptors (Lipinski definition) is 7. The van der Waals surface area contributed by atoms with Gasteiger partial charge in [-0.05, 0) is 72.3 Å². The molecule has 1 aliphatic carbocycles. The minimum atomic E-state index is -0.648. The van der Waals surface area contributed by atoms with Crippen LogP contribution in [-0.2, 0) is 9.32 Å². The van der Waals surface area contributed by atoms with Crippen LogP contribution in [0.4, 0.5) is 15.9 Å². The highest BCUT2D eigenvalue weighted by atomic mass is 31.0. The molecule has 1 saturated carbocycles. The average molecular weight is 778 g/mol. The van der Waals surface area contributed by atoms with Gasteiger partial charge in [-0.1, -0.05) is 131 Å². The zero-order valence-corrected chi connectivity index (χ0v) is 34.9.